The Hall–Kier alpha value is -0.220. The van der Waals surface area contributed by atoms with E-state index in [1.807, 2.05) is 0 Å². The lowest BCUT2D eigenvalue weighted by Gasteiger charge is -2.28. The summed E-state index contributed by atoms with van der Waals surface area (Å²) in [7, 11) is 0. The molecule has 1 saturated heterocycles. The second-order valence-electron chi connectivity index (χ2n) is 4.94. The van der Waals surface area contributed by atoms with E-state index < -0.39 is 5.60 Å². The molecule has 3 nitrogen and oxygen atoms in total. The number of carbonyl (C=O) groups is 1. The largest absolute Gasteiger partial charge is 0.388 e. The van der Waals surface area contributed by atoms with Crippen molar-refractivity contribution in [3.63, 3.8) is 0 Å². The summed E-state index contributed by atoms with van der Waals surface area (Å²) in [6, 6.07) is 0. The van der Waals surface area contributed by atoms with Crippen molar-refractivity contribution in [2.75, 3.05) is 12.3 Å². The quantitative estimate of drug-likeness (QED) is 0.738. The summed E-state index contributed by atoms with van der Waals surface area (Å²) in [4.78, 5) is 11.9. The minimum atomic E-state index is -0.706. The van der Waals surface area contributed by atoms with Crippen LogP contribution in [0.2, 0.25) is 0 Å². The highest BCUT2D eigenvalue weighted by Gasteiger charge is 2.28. The van der Waals surface area contributed by atoms with E-state index in [2.05, 4.69) is 19.2 Å². The molecule has 0 aromatic carbocycles. The standard InChI is InChI=1S/C13H25NO2S/c1-3-7-13(16,8-4-2)10-14-12(15)11-6-5-9-17-11/h11,16H,3-10H2,1-2H3,(H,14,15). The van der Waals surface area contributed by atoms with E-state index in [-0.39, 0.29) is 11.2 Å². The van der Waals surface area contributed by atoms with Crippen molar-refractivity contribution in [2.24, 2.45) is 0 Å². The van der Waals surface area contributed by atoms with Crippen LogP contribution >= 0.6 is 11.8 Å². The average Bonchev–Trinajstić information content (AvgIpc) is 2.80. The maximum Gasteiger partial charge on any atom is 0.233 e. The maximum atomic E-state index is 11.9. The molecule has 1 aliphatic heterocycles. The lowest BCUT2D eigenvalue weighted by Crippen LogP contribution is -2.45. The highest BCUT2D eigenvalue weighted by Crippen LogP contribution is 2.26. The van der Waals surface area contributed by atoms with Crippen molar-refractivity contribution in [3.05, 3.63) is 0 Å². The molecule has 2 N–H and O–H groups in total. The summed E-state index contributed by atoms with van der Waals surface area (Å²) in [5.74, 6) is 1.20. The van der Waals surface area contributed by atoms with Gasteiger partial charge in [0.05, 0.1) is 10.9 Å². The van der Waals surface area contributed by atoms with Gasteiger partial charge in [0.1, 0.15) is 0 Å². The van der Waals surface area contributed by atoms with Crippen molar-refractivity contribution >= 4 is 17.7 Å². The molecule has 0 spiro atoms. The van der Waals surface area contributed by atoms with Gasteiger partial charge < -0.3 is 10.4 Å². The molecule has 1 fully saturated rings. The topological polar surface area (TPSA) is 49.3 Å². The number of hydrogen-bond donors (Lipinski definition) is 2. The molecule has 0 aromatic rings. The van der Waals surface area contributed by atoms with Crippen molar-refractivity contribution in [1.29, 1.82) is 0 Å². The maximum absolute atomic E-state index is 11.9. The van der Waals surface area contributed by atoms with Gasteiger partial charge in [0.2, 0.25) is 5.91 Å². The normalized spacial score (nSPS) is 20.5. The first kappa shape index (κ1) is 14.8. The van der Waals surface area contributed by atoms with Crippen LogP contribution in [0.4, 0.5) is 0 Å². The number of carbonyl (C=O) groups excluding carboxylic acids is 1. The van der Waals surface area contributed by atoms with Gasteiger partial charge in [0, 0.05) is 6.54 Å². The lowest BCUT2D eigenvalue weighted by atomic mass is 9.92. The van der Waals surface area contributed by atoms with Crippen LogP contribution in [0.5, 0.6) is 0 Å². The summed E-state index contributed by atoms with van der Waals surface area (Å²) in [5, 5.41) is 13.4. The van der Waals surface area contributed by atoms with E-state index in [9.17, 15) is 9.90 Å². The van der Waals surface area contributed by atoms with Gasteiger partial charge in [0.15, 0.2) is 0 Å². The third kappa shape index (κ3) is 4.88. The zero-order valence-electron chi connectivity index (χ0n) is 11.0. The van der Waals surface area contributed by atoms with Crippen LogP contribution in [-0.4, -0.2) is 34.2 Å². The molecule has 0 aromatic heterocycles. The fourth-order valence-corrected chi connectivity index (χ4v) is 3.57. The molecule has 1 heterocycles. The zero-order chi connectivity index (χ0) is 12.7. The highest BCUT2D eigenvalue weighted by molar-refractivity contribution is 8.00. The molecule has 0 saturated carbocycles. The van der Waals surface area contributed by atoms with Gasteiger partial charge >= 0.3 is 0 Å². The van der Waals surface area contributed by atoms with Crippen LogP contribution in [-0.2, 0) is 4.79 Å². The third-order valence-corrected chi connectivity index (χ3v) is 4.62. The second kappa shape index (κ2) is 7.27. The Balaban J connectivity index is 2.37. The van der Waals surface area contributed by atoms with E-state index >= 15 is 0 Å². The van der Waals surface area contributed by atoms with Crippen LogP contribution in [0.3, 0.4) is 0 Å². The smallest absolute Gasteiger partial charge is 0.233 e. The number of aliphatic hydroxyl groups is 1. The van der Waals surface area contributed by atoms with Crippen LogP contribution in [0.1, 0.15) is 52.4 Å². The third-order valence-electron chi connectivity index (χ3n) is 3.24. The van der Waals surface area contributed by atoms with Crippen molar-refractivity contribution in [2.45, 2.75) is 63.2 Å². The molecule has 1 unspecified atom stereocenters. The average molecular weight is 259 g/mol. The number of rotatable bonds is 7. The summed E-state index contributed by atoms with van der Waals surface area (Å²) >= 11 is 1.73. The predicted octanol–water partition coefficient (Wildman–Crippen LogP) is 2.33. The van der Waals surface area contributed by atoms with Gasteiger partial charge in [-0.25, -0.2) is 0 Å². The molecule has 0 aliphatic carbocycles. The van der Waals surface area contributed by atoms with E-state index in [1.54, 1.807) is 11.8 Å². The van der Waals surface area contributed by atoms with Gasteiger partial charge in [-0.1, -0.05) is 26.7 Å². The zero-order valence-corrected chi connectivity index (χ0v) is 11.8. The summed E-state index contributed by atoms with van der Waals surface area (Å²) in [5.41, 5.74) is -0.706. The van der Waals surface area contributed by atoms with Crippen molar-refractivity contribution < 1.29 is 9.90 Å². The second-order valence-corrected chi connectivity index (χ2v) is 6.25. The molecule has 0 radical (unpaired) electrons. The summed E-state index contributed by atoms with van der Waals surface area (Å²) in [6.45, 7) is 4.54. The lowest BCUT2D eigenvalue weighted by molar-refractivity contribution is -0.122. The molecule has 0 bridgehead atoms. The van der Waals surface area contributed by atoms with Crippen LogP contribution in [0, 0.1) is 0 Å². The van der Waals surface area contributed by atoms with Gasteiger partial charge in [-0.2, -0.15) is 0 Å². The van der Waals surface area contributed by atoms with Crippen molar-refractivity contribution in [3.8, 4) is 0 Å². The Morgan fingerprint density at radius 3 is 2.53 bits per heavy atom. The Kier molecular flexibility index (Phi) is 6.34. The van der Waals surface area contributed by atoms with E-state index in [4.69, 9.17) is 0 Å². The van der Waals surface area contributed by atoms with Crippen LogP contribution < -0.4 is 5.32 Å². The summed E-state index contributed by atoms with van der Waals surface area (Å²) < 4.78 is 0. The molecule has 1 aliphatic rings. The van der Waals surface area contributed by atoms with Gasteiger partial charge in [-0.15, -0.1) is 11.8 Å². The minimum Gasteiger partial charge on any atom is -0.388 e. The number of amides is 1. The summed E-state index contributed by atoms with van der Waals surface area (Å²) in [6.07, 6.45) is 5.54. The monoisotopic (exact) mass is 259 g/mol. The fourth-order valence-electron chi connectivity index (χ4n) is 2.38. The van der Waals surface area contributed by atoms with Gasteiger partial charge in [-0.3, -0.25) is 4.79 Å². The number of nitrogens with one attached hydrogen (secondary N) is 1. The Labute approximate surface area is 109 Å². The first-order chi connectivity index (χ1) is 8.11. The molecule has 17 heavy (non-hydrogen) atoms. The molecule has 1 rings (SSSR count). The SMILES string of the molecule is CCCC(O)(CCC)CNC(=O)C1CCCS1. The fraction of sp³-hybridized carbons (Fsp3) is 0.923. The molecule has 4 heteroatoms. The van der Waals surface area contributed by atoms with E-state index in [0.29, 0.717) is 6.54 Å². The van der Waals surface area contributed by atoms with Crippen LogP contribution in [0.15, 0.2) is 0 Å². The van der Waals surface area contributed by atoms with Crippen LogP contribution in [0.25, 0.3) is 0 Å². The van der Waals surface area contributed by atoms with Gasteiger partial charge in [0.25, 0.3) is 0 Å². The number of thioether (sulfide) groups is 1. The number of hydrogen-bond acceptors (Lipinski definition) is 3. The first-order valence-corrected chi connectivity index (χ1v) is 7.78. The van der Waals surface area contributed by atoms with Gasteiger partial charge in [-0.05, 0) is 31.4 Å². The Bertz CT molecular complexity index is 234. The molecule has 1 amide bonds. The molecular formula is C13H25NO2S. The minimum absolute atomic E-state index is 0.109. The molecule has 100 valence electrons. The van der Waals surface area contributed by atoms with E-state index in [0.717, 1.165) is 44.3 Å². The molecule has 1 atom stereocenters. The Morgan fingerprint density at radius 2 is 2.06 bits per heavy atom. The Morgan fingerprint density at radius 1 is 1.41 bits per heavy atom. The van der Waals surface area contributed by atoms with E-state index in [1.165, 1.54) is 0 Å². The first-order valence-electron chi connectivity index (χ1n) is 6.73. The van der Waals surface area contributed by atoms with Crippen molar-refractivity contribution in [1.82, 2.24) is 5.32 Å². The predicted molar refractivity (Wildman–Crippen MR) is 73.3 cm³/mol. The highest BCUT2D eigenvalue weighted by atomic mass is 32.2. The molecular weight excluding hydrogens is 234 g/mol.